The van der Waals surface area contributed by atoms with E-state index in [1.165, 1.54) is 0 Å². The van der Waals surface area contributed by atoms with Gasteiger partial charge in [0.15, 0.2) is 0 Å². The highest BCUT2D eigenvalue weighted by Crippen LogP contribution is 2.31. The van der Waals surface area contributed by atoms with Crippen LogP contribution in [-0.4, -0.2) is 21.5 Å². The van der Waals surface area contributed by atoms with Crippen molar-refractivity contribution in [1.29, 1.82) is 0 Å². The minimum atomic E-state index is 0.500. The normalized spacial score (nSPS) is 10.8. The smallest absolute Gasteiger partial charge is 0.114 e. The Labute approximate surface area is 109 Å². The molecule has 6 heteroatoms. The average molecular weight is 271 g/mol. The van der Waals surface area contributed by atoms with E-state index in [9.17, 15) is 0 Å². The lowest BCUT2D eigenvalue weighted by Crippen LogP contribution is -2.06. The van der Waals surface area contributed by atoms with Crippen LogP contribution in [0.3, 0.4) is 0 Å². The summed E-state index contributed by atoms with van der Waals surface area (Å²) in [5, 5.41) is 9.10. The van der Waals surface area contributed by atoms with Crippen LogP contribution in [0.5, 0.6) is 0 Å². The SMILES string of the molecule is NCCCn1cc(-c2cccc(Cl)c2Cl)nn1. The molecular formula is C11H12Cl2N4. The first-order chi connectivity index (χ1) is 8.22. The van der Waals surface area contributed by atoms with Crippen LogP contribution in [0.15, 0.2) is 24.4 Å². The third-order valence-electron chi connectivity index (χ3n) is 2.36. The van der Waals surface area contributed by atoms with Crippen LogP contribution in [0.2, 0.25) is 10.0 Å². The van der Waals surface area contributed by atoms with Crippen LogP contribution in [-0.2, 0) is 6.54 Å². The van der Waals surface area contributed by atoms with Gasteiger partial charge in [-0.2, -0.15) is 0 Å². The first-order valence-electron chi connectivity index (χ1n) is 5.27. The molecule has 90 valence electrons. The Balaban J connectivity index is 2.27. The summed E-state index contributed by atoms with van der Waals surface area (Å²) in [4.78, 5) is 0. The second-order valence-electron chi connectivity index (χ2n) is 3.61. The minimum Gasteiger partial charge on any atom is -0.330 e. The number of rotatable bonds is 4. The first kappa shape index (κ1) is 12.4. The molecule has 0 radical (unpaired) electrons. The monoisotopic (exact) mass is 270 g/mol. The van der Waals surface area contributed by atoms with E-state index in [1.807, 2.05) is 18.3 Å². The lowest BCUT2D eigenvalue weighted by Gasteiger charge is -2.01. The summed E-state index contributed by atoms with van der Waals surface area (Å²) in [5.41, 5.74) is 6.95. The highest BCUT2D eigenvalue weighted by atomic mass is 35.5. The van der Waals surface area contributed by atoms with Crippen molar-refractivity contribution in [3.8, 4) is 11.3 Å². The second kappa shape index (κ2) is 5.49. The number of nitrogens with zero attached hydrogens (tertiary/aromatic N) is 3. The summed E-state index contributed by atoms with van der Waals surface area (Å²) in [6.45, 7) is 1.38. The number of aromatic nitrogens is 3. The Morgan fingerprint density at radius 1 is 1.29 bits per heavy atom. The Morgan fingerprint density at radius 2 is 2.12 bits per heavy atom. The molecule has 0 saturated carbocycles. The van der Waals surface area contributed by atoms with Gasteiger partial charge >= 0.3 is 0 Å². The summed E-state index contributed by atoms with van der Waals surface area (Å²) in [7, 11) is 0. The Bertz CT molecular complexity index is 510. The minimum absolute atomic E-state index is 0.500. The van der Waals surface area contributed by atoms with Gasteiger partial charge < -0.3 is 5.73 Å². The molecule has 2 aromatic rings. The van der Waals surface area contributed by atoms with E-state index in [4.69, 9.17) is 28.9 Å². The van der Waals surface area contributed by atoms with Crippen molar-refractivity contribution in [2.24, 2.45) is 5.73 Å². The van der Waals surface area contributed by atoms with Crippen LogP contribution >= 0.6 is 23.2 Å². The van der Waals surface area contributed by atoms with Gasteiger partial charge in [0.25, 0.3) is 0 Å². The van der Waals surface area contributed by atoms with Crippen molar-refractivity contribution >= 4 is 23.2 Å². The number of halogens is 2. The van der Waals surface area contributed by atoms with Gasteiger partial charge in [0, 0.05) is 12.1 Å². The summed E-state index contributed by atoms with van der Waals surface area (Å²) < 4.78 is 1.75. The van der Waals surface area contributed by atoms with Gasteiger partial charge in [-0.1, -0.05) is 40.5 Å². The zero-order chi connectivity index (χ0) is 12.3. The van der Waals surface area contributed by atoms with Crippen molar-refractivity contribution in [3.63, 3.8) is 0 Å². The number of aryl methyl sites for hydroxylation is 1. The van der Waals surface area contributed by atoms with Crippen LogP contribution < -0.4 is 5.73 Å². The van der Waals surface area contributed by atoms with Crippen LogP contribution in [0.25, 0.3) is 11.3 Å². The van der Waals surface area contributed by atoms with E-state index >= 15 is 0 Å². The fraction of sp³-hybridized carbons (Fsp3) is 0.273. The van der Waals surface area contributed by atoms with E-state index < -0.39 is 0 Å². The van der Waals surface area contributed by atoms with E-state index in [0.29, 0.717) is 16.6 Å². The largest absolute Gasteiger partial charge is 0.330 e. The molecule has 0 unspecified atom stereocenters. The molecule has 0 aliphatic rings. The lowest BCUT2D eigenvalue weighted by atomic mass is 10.2. The fourth-order valence-electron chi connectivity index (χ4n) is 1.49. The predicted octanol–water partition coefficient (Wildman–Crippen LogP) is 2.60. The van der Waals surface area contributed by atoms with Crippen molar-refractivity contribution < 1.29 is 0 Å². The van der Waals surface area contributed by atoms with Gasteiger partial charge in [-0.05, 0) is 19.0 Å². The number of nitrogens with two attached hydrogens (primary N) is 1. The summed E-state index contributed by atoms with van der Waals surface area (Å²) >= 11 is 12.1. The van der Waals surface area contributed by atoms with Crippen LogP contribution in [0.1, 0.15) is 6.42 Å². The maximum absolute atomic E-state index is 6.11. The summed E-state index contributed by atoms with van der Waals surface area (Å²) in [5.74, 6) is 0. The molecule has 1 aromatic carbocycles. The van der Waals surface area contributed by atoms with Crippen molar-refractivity contribution in [2.75, 3.05) is 6.54 Å². The predicted molar refractivity (Wildman–Crippen MR) is 69.1 cm³/mol. The highest BCUT2D eigenvalue weighted by molar-refractivity contribution is 6.43. The highest BCUT2D eigenvalue weighted by Gasteiger charge is 2.10. The molecule has 2 rings (SSSR count). The van der Waals surface area contributed by atoms with Gasteiger partial charge in [0.1, 0.15) is 5.69 Å². The first-order valence-corrected chi connectivity index (χ1v) is 6.02. The lowest BCUT2D eigenvalue weighted by molar-refractivity contribution is 0.564. The van der Waals surface area contributed by atoms with Crippen LogP contribution in [0, 0.1) is 0 Å². The molecule has 0 aliphatic carbocycles. The molecule has 0 amide bonds. The van der Waals surface area contributed by atoms with Gasteiger partial charge in [0.2, 0.25) is 0 Å². The molecule has 17 heavy (non-hydrogen) atoms. The molecule has 0 bridgehead atoms. The molecule has 0 aliphatic heterocycles. The molecule has 2 N–H and O–H groups in total. The fourth-order valence-corrected chi connectivity index (χ4v) is 1.88. The Kier molecular flexibility index (Phi) is 3.99. The third-order valence-corrected chi connectivity index (χ3v) is 3.18. The Morgan fingerprint density at radius 3 is 2.88 bits per heavy atom. The standard InChI is InChI=1S/C11H12Cl2N4/c12-9-4-1-3-8(11(9)13)10-7-17(16-15-10)6-2-5-14/h1,3-4,7H,2,5-6,14H2. The molecule has 1 aromatic heterocycles. The molecule has 4 nitrogen and oxygen atoms in total. The maximum Gasteiger partial charge on any atom is 0.114 e. The van der Waals surface area contributed by atoms with Gasteiger partial charge in [-0.25, -0.2) is 0 Å². The van der Waals surface area contributed by atoms with E-state index in [1.54, 1.807) is 10.7 Å². The molecule has 1 heterocycles. The van der Waals surface area contributed by atoms with Crippen molar-refractivity contribution in [3.05, 3.63) is 34.4 Å². The maximum atomic E-state index is 6.11. The quantitative estimate of drug-likeness (QED) is 0.929. The number of benzene rings is 1. The zero-order valence-electron chi connectivity index (χ0n) is 9.11. The summed E-state index contributed by atoms with van der Waals surface area (Å²) in [6.07, 6.45) is 2.71. The van der Waals surface area contributed by atoms with Gasteiger partial charge in [0.05, 0.1) is 16.2 Å². The van der Waals surface area contributed by atoms with Gasteiger partial charge in [-0.3, -0.25) is 4.68 Å². The molecule has 0 fully saturated rings. The second-order valence-corrected chi connectivity index (χ2v) is 4.40. The third kappa shape index (κ3) is 2.77. The average Bonchev–Trinajstić information content (AvgIpc) is 2.78. The van der Waals surface area contributed by atoms with E-state index in [0.717, 1.165) is 24.2 Å². The number of hydrogen-bond donors (Lipinski definition) is 1. The zero-order valence-corrected chi connectivity index (χ0v) is 10.6. The molecular weight excluding hydrogens is 259 g/mol. The number of hydrogen-bond acceptors (Lipinski definition) is 3. The van der Waals surface area contributed by atoms with Gasteiger partial charge in [-0.15, -0.1) is 5.10 Å². The van der Waals surface area contributed by atoms with E-state index in [2.05, 4.69) is 10.3 Å². The molecule has 0 spiro atoms. The molecule has 0 saturated heterocycles. The topological polar surface area (TPSA) is 56.7 Å². The van der Waals surface area contributed by atoms with Crippen LogP contribution in [0.4, 0.5) is 0 Å². The van der Waals surface area contributed by atoms with Crippen molar-refractivity contribution in [1.82, 2.24) is 15.0 Å². The molecule has 0 atom stereocenters. The van der Waals surface area contributed by atoms with Crippen molar-refractivity contribution in [2.45, 2.75) is 13.0 Å². The summed E-state index contributed by atoms with van der Waals surface area (Å²) in [6, 6.07) is 5.44. The Hall–Kier alpha value is -1.10. The van der Waals surface area contributed by atoms with E-state index in [-0.39, 0.29) is 0 Å².